The first-order valence-corrected chi connectivity index (χ1v) is 12.8. The van der Waals surface area contributed by atoms with Crippen LogP contribution < -0.4 is 10.6 Å². The van der Waals surface area contributed by atoms with E-state index in [-0.39, 0.29) is 38.6 Å². The van der Waals surface area contributed by atoms with Crippen molar-refractivity contribution < 1.29 is 38.6 Å². The van der Waals surface area contributed by atoms with E-state index in [0.29, 0.717) is 12.8 Å². The SMILES string of the molecule is CC1CN(CC(=O)N[C@@H](CCCCOC(=O)OCC2c3ccccc3-c3ccccc32)C(=O)O)C(=O)NC1=O. The molecule has 1 saturated heterocycles. The van der Waals surface area contributed by atoms with Crippen LogP contribution in [0, 0.1) is 5.92 Å². The zero-order valence-corrected chi connectivity index (χ0v) is 21.6. The number of nitrogens with one attached hydrogen (secondary N) is 2. The molecular formula is C28H31N3O8. The monoisotopic (exact) mass is 537 g/mol. The number of hydrogen-bond donors (Lipinski definition) is 3. The summed E-state index contributed by atoms with van der Waals surface area (Å²) in [5.74, 6) is -2.83. The van der Waals surface area contributed by atoms with Gasteiger partial charge in [0.25, 0.3) is 0 Å². The van der Waals surface area contributed by atoms with Gasteiger partial charge in [-0.25, -0.2) is 14.4 Å². The largest absolute Gasteiger partial charge is 0.508 e. The lowest BCUT2D eigenvalue weighted by Crippen LogP contribution is -2.56. The summed E-state index contributed by atoms with van der Waals surface area (Å²) in [6.45, 7) is 1.51. The number of carbonyl (C=O) groups is 5. The minimum Gasteiger partial charge on any atom is -0.480 e. The van der Waals surface area contributed by atoms with Crippen molar-refractivity contribution in [2.24, 2.45) is 5.92 Å². The van der Waals surface area contributed by atoms with Gasteiger partial charge in [0.2, 0.25) is 11.8 Å². The molecule has 1 heterocycles. The Bertz CT molecular complexity index is 1220. The summed E-state index contributed by atoms with van der Waals surface area (Å²) in [6.07, 6.45) is 0.0464. The predicted octanol–water partition coefficient (Wildman–Crippen LogP) is 2.88. The van der Waals surface area contributed by atoms with Gasteiger partial charge in [0.05, 0.1) is 12.5 Å². The number of urea groups is 1. The van der Waals surface area contributed by atoms with E-state index in [1.165, 1.54) is 0 Å². The summed E-state index contributed by atoms with van der Waals surface area (Å²) in [7, 11) is 0. The predicted molar refractivity (Wildman–Crippen MR) is 139 cm³/mol. The summed E-state index contributed by atoms with van der Waals surface area (Å²) in [6, 6.07) is 14.1. The molecule has 0 aromatic heterocycles. The molecule has 0 spiro atoms. The molecule has 1 aliphatic carbocycles. The van der Waals surface area contributed by atoms with E-state index in [1.54, 1.807) is 6.92 Å². The van der Waals surface area contributed by atoms with Crippen molar-refractivity contribution in [3.8, 4) is 11.1 Å². The van der Waals surface area contributed by atoms with Crippen LogP contribution in [0.25, 0.3) is 11.1 Å². The van der Waals surface area contributed by atoms with Crippen molar-refractivity contribution >= 4 is 30.0 Å². The van der Waals surface area contributed by atoms with Crippen molar-refractivity contribution in [1.82, 2.24) is 15.5 Å². The van der Waals surface area contributed by atoms with Crippen molar-refractivity contribution in [2.45, 2.75) is 38.1 Å². The number of carboxylic acid groups (broad SMARTS) is 1. The summed E-state index contributed by atoms with van der Waals surface area (Å²) in [5.41, 5.74) is 4.44. The van der Waals surface area contributed by atoms with Crippen molar-refractivity contribution in [1.29, 1.82) is 0 Å². The Morgan fingerprint density at radius 2 is 1.67 bits per heavy atom. The first-order chi connectivity index (χ1) is 18.7. The van der Waals surface area contributed by atoms with E-state index in [0.717, 1.165) is 27.2 Å². The van der Waals surface area contributed by atoms with Crippen LogP contribution >= 0.6 is 0 Å². The molecule has 11 nitrogen and oxygen atoms in total. The van der Waals surface area contributed by atoms with E-state index in [4.69, 9.17) is 9.47 Å². The maximum Gasteiger partial charge on any atom is 0.508 e. The van der Waals surface area contributed by atoms with Gasteiger partial charge in [0.15, 0.2) is 0 Å². The molecule has 2 aliphatic rings. The van der Waals surface area contributed by atoms with Crippen LogP contribution in [0.5, 0.6) is 0 Å². The fraction of sp³-hybridized carbons (Fsp3) is 0.393. The molecule has 11 heteroatoms. The number of unbranched alkanes of at least 4 members (excludes halogenated alkanes) is 1. The normalized spacial score (nSPS) is 17.1. The molecule has 0 bridgehead atoms. The third-order valence-corrected chi connectivity index (χ3v) is 6.86. The van der Waals surface area contributed by atoms with E-state index in [1.807, 2.05) is 48.5 Å². The standard InChI is InChI=1S/C28H31N3O8/c1-17-14-31(27(36)30-25(17)33)15-24(32)29-23(26(34)35)12-6-7-13-38-28(37)39-16-22-20-10-4-2-8-18(20)19-9-3-5-11-21(19)22/h2-5,8-11,17,22-23H,6-7,12-16H2,1H3,(H,29,32)(H,34,35)(H,30,33,36)/t17?,23-/m0/s1. The highest BCUT2D eigenvalue weighted by Gasteiger charge is 2.31. The molecular weight excluding hydrogens is 506 g/mol. The summed E-state index contributed by atoms with van der Waals surface area (Å²) < 4.78 is 10.5. The number of benzene rings is 2. The Morgan fingerprint density at radius 1 is 1.03 bits per heavy atom. The van der Waals surface area contributed by atoms with Gasteiger partial charge in [-0.05, 0) is 41.5 Å². The molecule has 0 saturated carbocycles. The van der Waals surface area contributed by atoms with Crippen LogP contribution in [0.3, 0.4) is 0 Å². The van der Waals surface area contributed by atoms with Crippen LogP contribution in [-0.4, -0.2) is 72.3 Å². The van der Waals surface area contributed by atoms with Crippen LogP contribution in [-0.2, 0) is 23.9 Å². The molecule has 1 unspecified atom stereocenters. The molecule has 39 heavy (non-hydrogen) atoms. The number of carboxylic acids is 1. The third-order valence-electron chi connectivity index (χ3n) is 6.86. The highest BCUT2D eigenvalue weighted by Crippen LogP contribution is 2.44. The van der Waals surface area contributed by atoms with E-state index >= 15 is 0 Å². The minimum absolute atomic E-state index is 0.0385. The Morgan fingerprint density at radius 3 is 2.31 bits per heavy atom. The van der Waals surface area contributed by atoms with Gasteiger partial charge in [0.1, 0.15) is 19.2 Å². The summed E-state index contributed by atoms with van der Waals surface area (Å²) in [5, 5.41) is 14.0. The van der Waals surface area contributed by atoms with E-state index in [2.05, 4.69) is 10.6 Å². The molecule has 4 rings (SSSR count). The van der Waals surface area contributed by atoms with Gasteiger partial charge in [-0.3, -0.25) is 14.9 Å². The van der Waals surface area contributed by atoms with Gasteiger partial charge in [-0.1, -0.05) is 55.5 Å². The van der Waals surface area contributed by atoms with Gasteiger partial charge in [0, 0.05) is 12.5 Å². The average molecular weight is 538 g/mol. The number of aliphatic carboxylic acids is 1. The molecule has 1 fully saturated rings. The van der Waals surface area contributed by atoms with Crippen LogP contribution in [0.4, 0.5) is 9.59 Å². The number of fused-ring (bicyclic) bond motifs is 3. The lowest BCUT2D eigenvalue weighted by molar-refractivity contribution is -0.142. The first-order valence-electron chi connectivity index (χ1n) is 12.8. The molecule has 1 aliphatic heterocycles. The number of hydrogen-bond acceptors (Lipinski definition) is 7. The van der Waals surface area contributed by atoms with Gasteiger partial charge < -0.3 is 24.8 Å². The topological polar surface area (TPSA) is 151 Å². The highest BCUT2D eigenvalue weighted by atomic mass is 16.7. The summed E-state index contributed by atoms with van der Waals surface area (Å²) >= 11 is 0. The van der Waals surface area contributed by atoms with Crippen LogP contribution in [0.2, 0.25) is 0 Å². The maximum absolute atomic E-state index is 12.3. The fourth-order valence-electron chi connectivity index (χ4n) is 4.85. The Kier molecular flexibility index (Phi) is 8.80. The van der Waals surface area contributed by atoms with Gasteiger partial charge in [-0.2, -0.15) is 0 Å². The number of amides is 4. The van der Waals surface area contributed by atoms with Crippen LogP contribution in [0.15, 0.2) is 48.5 Å². The zero-order chi connectivity index (χ0) is 27.9. The second-order valence-electron chi connectivity index (χ2n) is 9.67. The van der Waals surface area contributed by atoms with E-state index in [9.17, 15) is 29.1 Å². The Balaban J connectivity index is 1.16. The fourth-order valence-corrected chi connectivity index (χ4v) is 4.85. The number of ether oxygens (including phenoxy) is 2. The quantitative estimate of drug-likeness (QED) is 0.292. The number of nitrogens with zero attached hydrogens (tertiary/aromatic N) is 1. The zero-order valence-electron chi connectivity index (χ0n) is 21.6. The molecule has 4 amide bonds. The molecule has 2 aromatic carbocycles. The first kappa shape index (κ1) is 27.6. The number of rotatable bonds is 11. The Hall–Kier alpha value is -4.41. The van der Waals surface area contributed by atoms with Crippen molar-refractivity contribution in [2.75, 3.05) is 26.3 Å². The smallest absolute Gasteiger partial charge is 0.480 e. The highest BCUT2D eigenvalue weighted by molar-refractivity contribution is 5.99. The molecule has 2 atom stereocenters. The summed E-state index contributed by atoms with van der Waals surface area (Å²) in [4.78, 5) is 60.6. The second kappa shape index (κ2) is 12.4. The minimum atomic E-state index is -1.22. The van der Waals surface area contributed by atoms with Crippen molar-refractivity contribution in [3.05, 3.63) is 59.7 Å². The number of carbonyl (C=O) groups excluding carboxylic acids is 4. The number of imide groups is 1. The third kappa shape index (κ3) is 6.73. The average Bonchev–Trinajstić information content (AvgIpc) is 3.23. The molecule has 2 aromatic rings. The lowest BCUT2D eigenvalue weighted by Gasteiger charge is -2.30. The molecule has 0 radical (unpaired) electrons. The molecule has 3 N–H and O–H groups in total. The van der Waals surface area contributed by atoms with Crippen LogP contribution in [0.1, 0.15) is 43.2 Å². The Labute approximate surface area is 225 Å². The van der Waals surface area contributed by atoms with Crippen molar-refractivity contribution in [3.63, 3.8) is 0 Å². The maximum atomic E-state index is 12.3. The second-order valence-corrected chi connectivity index (χ2v) is 9.67. The van der Waals surface area contributed by atoms with Gasteiger partial charge in [-0.15, -0.1) is 0 Å². The van der Waals surface area contributed by atoms with E-state index < -0.39 is 41.9 Å². The molecule has 206 valence electrons. The lowest BCUT2D eigenvalue weighted by atomic mass is 9.98. The van der Waals surface area contributed by atoms with Gasteiger partial charge >= 0.3 is 18.2 Å².